The summed E-state index contributed by atoms with van der Waals surface area (Å²) in [6.45, 7) is 2.52. The van der Waals surface area contributed by atoms with E-state index in [-0.39, 0.29) is 5.91 Å². The van der Waals surface area contributed by atoms with Crippen LogP contribution < -0.4 is 0 Å². The summed E-state index contributed by atoms with van der Waals surface area (Å²) in [4.78, 5) is 15.7. The van der Waals surface area contributed by atoms with E-state index in [1.807, 2.05) is 17.0 Å². The van der Waals surface area contributed by atoms with Gasteiger partial charge in [0.2, 0.25) is 0 Å². The van der Waals surface area contributed by atoms with Gasteiger partial charge in [0.25, 0.3) is 5.91 Å². The number of aromatic amines is 1. The normalized spacial score (nSPS) is 17.2. The second-order valence-corrected chi connectivity index (χ2v) is 6.13. The molecule has 2 aliphatic rings. The Morgan fingerprint density at radius 2 is 2.10 bits per heavy atom. The van der Waals surface area contributed by atoms with Crippen LogP contribution in [-0.4, -0.2) is 47.3 Å². The number of carbonyl (C=O) groups excluding carboxylic acids is 1. The van der Waals surface area contributed by atoms with E-state index < -0.39 is 0 Å². The number of hydrogen-bond donors (Lipinski definition) is 1. The Balaban J connectivity index is 1.71. The third-order valence-corrected chi connectivity index (χ3v) is 4.99. The smallest absolute Gasteiger partial charge is 0.272 e. The van der Waals surface area contributed by atoms with Crippen LogP contribution in [0.3, 0.4) is 0 Å². The number of nitrogens with zero attached hydrogens (tertiary/aromatic N) is 2. The number of aromatic nitrogens is 2. The molecule has 0 saturated carbocycles. The van der Waals surface area contributed by atoms with Crippen molar-refractivity contribution in [2.45, 2.75) is 10.6 Å². The van der Waals surface area contributed by atoms with Gasteiger partial charge in [-0.15, -0.1) is 11.8 Å². The molecule has 4 rings (SSSR count). The summed E-state index contributed by atoms with van der Waals surface area (Å²) in [5, 5.41) is 7.36. The van der Waals surface area contributed by atoms with Gasteiger partial charge in [-0.2, -0.15) is 5.10 Å². The van der Waals surface area contributed by atoms with Gasteiger partial charge in [0.15, 0.2) is 0 Å². The van der Waals surface area contributed by atoms with Crippen LogP contribution in [-0.2, 0) is 10.5 Å². The molecule has 0 spiro atoms. The van der Waals surface area contributed by atoms with Crippen molar-refractivity contribution in [1.82, 2.24) is 15.1 Å². The Morgan fingerprint density at radius 3 is 2.95 bits per heavy atom. The largest absolute Gasteiger partial charge is 0.378 e. The molecule has 1 N–H and O–H groups in total. The Morgan fingerprint density at radius 1 is 1.29 bits per heavy atom. The van der Waals surface area contributed by atoms with E-state index in [4.69, 9.17) is 4.74 Å². The minimum Gasteiger partial charge on any atom is -0.378 e. The minimum absolute atomic E-state index is 0.0343. The quantitative estimate of drug-likeness (QED) is 0.877. The monoisotopic (exact) mass is 301 g/mol. The fourth-order valence-corrected chi connectivity index (χ4v) is 3.84. The van der Waals surface area contributed by atoms with Crippen LogP contribution in [0.15, 0.2) is 29.2 Å². The second-order valence-electron chi connectivity index (χ2n) is 5.12. The van der Waals surface area contributed by atoms with Crippen LogP contribution >= 0.6 is 11.8 Å². The van der Waals surface area contributed by atoms with Crippen LogP contribution in [0.2, 0.25) is 0 Å². The average molecular weight is 301 g/mol. The molecular formula is C15H15N3O2S. The van der Waals surface area contributed by atoms with Crippen molar-refractivity contribution in [1.29, 1.82) is 0 Å². The van der Waals surface area contributed by atoms with Gasteiger partial charge < -0.3 is 9.64 Å². The highest BCUT2D eigenvalue weighted by Crippen LogP contribution is 2.41. The molecule has 1 aromatic carbocycles. The van der Waals surface area contributed by atoms with Crippen molar-refractivity contribution in [2.75, 3.05) is 26.3 Å². The van der Waals surface area contributed by atoms with E-state index in [1.165, 1.54) is 4.90 Å². The number of ether oxygens (including phenoxy) is 1. The van der Waals surface area contributed by atoms with E-state index in [0.29, 0.717) is 32.0 Å². The first-order valence-corrected chi connectivity index (χ1v) is 7.99. The fraction of sp³-hybridized carbons (Fsp3) is 0.333. The Kier molecular flexibility index (Phi) is 3.20. The SMILES string of the molecule is O=C(c1[nH]nc2c1CSc1ccccc1-2)N1CCOCC1. The zero-order valence-electron chi connectivity index (χ0n) is 11.5. The number of benzene rings is 1. The van der Waals surface area contributed by atoms with Gasteiger partial charge in [0, 0.05) is 34.9 Å². The van der Waals surface area contributed by atoms with Gasteiger partial charge in [-0.05, 0) is 6.07 Å². The number of morpholine rings is 1. The number of H-pyrrole nitrogens is 1. The van der Waals surface area contributed by atoms with Crippen molar-refractivity contribution in [2.24, 2.45) is 0 Å². The molecule has 0 atom stereocenters. The maximum Gasteiger partial charge on any atom is 0.272 e. The van der Waals surface area contributed by atoms with Gasteiger partial charge >= 0.3 is 0 Å². The predicted octanol–water partition coefficient (Wildman–Crippen LogP) is 2.15. The summed E-state index contributed by atoms with van der Waals surface area (Å²) >= 11 is 1.76. The van der Waals surface area contributed by atoms with E-state index >= 15 is 0 Å². The summed E-state index contributed by atoms with van der Waals surface area (Å²) < 4.78 is 5.30. The molecular weight excluding hydrogens is 286 g/mol. The zero-order chi connectivity index (χ0) is 14.2. The van der Waals surface area contributed by atoms with Gasteiger partial charge in [-0.1, -0.05) is 18.2 Å². The third kappa shape index (κ3) is 2.15. The number of nitrogens with one attached hydrogen (secondary N) is 1. The molecule has 2 aromatic rings. The van der Waals surface area contributed by atoms with Gasteiger partial charge in [0.05, 0.1) is 18.9 Å². The molecule has 6 heteroatoms. The highest BCUT2D eigenvalue weighted by atomic mass is 32.2. The Labute approximate surface area is 126 Å². The zero-order valence-corrected chi connectivity index (χ0v) is 12.3. The summed E-state index contributed by atoms with van der Waals surface area (Å²) in [6, 6.07) is 8.20. The lowest BCUT2D eigenvalue weighted by atomic mass is 10.1. The molecule has 1 saturated heterocycles. The van der Waals surface area contributed by atoms with Crippen LogP contribution in [0.4, 0.5) is 0 Å². The molecule has 1 aromatic heterocycles. The van der Waals surface area contributed by atoms with Gasteiger partial charge in [-0.25, -0.2) is 0 Å². The number of fused-ring (bicyclic) bond motifs is 3. The van der Waals surface area contributed by atoms with Gasteiger partial charge in [-0.3, -0.25) is 9.89 Å². The lowest BCUT2D eigenvalue weighted by molar-refractivity contribution is 0.0298. The molecule has 0 aliphatic carbocycles. The van der Waals surface area contributed by atoms with E-state index in [9.17, 15) is 4.79 Å². The van der Waals surface area contributed by atoms with Crippen molar-refractivity contribution >= 4 is 17.7 Å². The van der Waals surface area contributed by atoms with Crippen LogP contribution in [0.5, 0.6) is 0 Å². The number of hydrogen-bond acceptors (Lipinski definition) is 4. The third-order valence-electron chi connectivity index (χ3n) is 3.89. The highest BCUT2D eigenvalue weighted by Gasteiger charge is 2.28. The standard InChI is InChI=1S/C15H15N3O2S/c19-15(18-5-7-20-8-6-18)14-11-9-21-12-4-2-1-3-10(12)13(11)16-17-14/h1-4H,5-9H2,(H,16,17). The lowest BCUT2D eigenvalue weighted by Crippen LogP contribution is -2.41. The van der Waals surface area contributed by atoms with Crippen molar-refractivity contribution in [3.8, 4) is 11.3 Å². The summed E-state index contributed by atoms with van der Waals surface area (Å²) in [5.41, 5.74) is 3.69. The van der Waals surface area contributed by atoms with Crippen molar-refractivity contribution < 1.29 is 9.53 Å². The summed E-state index contributed by atoms with van der Waals surface area (Å²) in [5.74, 6) is 0.820. The second kappa shape index (κ2) is 5.20. The molecule has 0 radical (unpaired) electrons. The molecule has 1 fully saturated rings. The Hall–Kier alpha value is -1.79. The molecule has 5 nitrogen and oxygen atoms in total. The van der Waals surface area contributed by atoms with Crippen molar-refractivity contribution in [3.63, 3.8) is 0 Å². The number of carbonyl (C=O) groups is 1. The molecule has 0 bridgehead atoms. The number of thioether (sulfide) groups is 1. The average Bonchev–Trinajstić information content (AvgIpc) is 2.99. The minimum atomic E-state index is 0.0343. The van der Waals surface area contributed by atoms with Crippen molar-refractivity contribution in [3.05, 3.63) is 35.5 Å². The first kappa shape index (κ1) is 12.9. The number of amides is 1. The summed E-state index contributed by atoms with van der Waals surface area (Å²) in [7, 11) is 0. The van der Waals surface area contributed by atoms with E-state index in [1.54, 1.807) is 11.8 Å². The van der Waals surface area contributed by atoms with E-state index in [0.717, 1.165) is 22.6 Å². The van der Waals surface area contributed by atoms with Gasteiger partial charge in [0.1, 0.15) is 5.69 Å². The highest BCUT2D eigenvalue weighted by molar-refractivity contribution is 7.98. The summed E-state index contributed by atoms with van der Waals surface area (Å²) in [6.07, 6.45) is 0. The Bertz CT molecular complexity index is 692. The molecule has 3 heterocycles. The predicted molar refractivity (Wildman–Crippen MR) is 80.3 cm³/mol. The van der Waals surface area contributed by atoms with Crippen LogP contribution in [0.25, 0.3) is 11.3 Å². The van der Waals surface area contributed by atoms with Crippen LogP contribution in [0, 0.1) is 0 Å². The molecule has 2 aliphatic heterocycles. The number of rotatable bonds is 1. The van der Waals surface area contributed by atoms with E-state index in [2.05, 4.69) is 22.3 Å². The molecule has 108 valence electrons. The van der Waals surface area contributed by atoms with Crippen LogP contribution in [0.1, 0.15) is 16.1 Å². The first-order chi connectivity index (χ1) is 10.3. The molecule has 0 unspecified atom stereocenters. The fourth-order valence-electron chi connectivity index (χ4n) is 2.77. The molecule has 1 amide bonds. The molecule has 21 heavy (non-hydrogen) atoms. The maximum absolute atomic E-state index is 12.6. The maximum atomic E-state index is 12.6. The topological polar surface area (TPSA) is 58.2 Å². The first-order valence-electron chi connectivity index (χ1n) is 7.01. The lowest BCUT2D eigenvalue weighted by Gasteiger charge is -2.26.